The number of aromatic nitrogens is 1. The van der Waals surface area contributed by atoms with Gasteiger partial charge in [-0.2, -0.15) is 0 Å². The Bertz CT molecular complexity index is 257. The van der Waals surface area contributed by atoms with Gasteiger partial charge in [0.15, 0.2) is 0 Å². The second kappa shape index (κ2) is 4.72. The lowest BCUT2D eigenvalue weighted by atomic mass is 9.97. The first-order valence-corrected chi connectivity index (χ1v) is 5.68. The molecule has 0 radical (unpaired) electrons. The minimum atomic E-state index is 0.309. The largest absolute Gasteiger partial charge is 0.327 e. The number of nitrogens with zero attached hydrogens (tertiary/aromatic N) is 1. The highest BCUT2D eigenvalue weighted by Gasteiger charge is 2.12. The molecule has 0 saturated heterocycles. The van der Waals surface area contributed by atoms with Gasteiger partial charge < -0.3 is 5.73 Å². The number of hydrogen-bond acceptors (Lipinski definition) is 3. The maximum absolute atomic E-state index is 5.95. The molecule has 74 valence electrons. The fourth-order valence-electron chi connectivity index (χ4n) is 1.33. The zero-order chi connectivity index (χ0) is 9.84. The van der Waals surface area contributed by atoms with Crippen LogP contribution in [0, 0.1) is 12.8 Å². The van der Waals surface area contributed by atoms with E-state index in [0.717, 1.165) is 18.5 Å². The molecule has 1 aromatic rings. The van der Waals surface area contributed by atoms with Gasteiger partial charge in [-0.1, -0.05) is 13.8 Å². The first-order valence-electron chi connectivity index (χ1n) is 4.80. The van der Waals surface area contributed by atoms with E-state index in [-0.39, 0.29) is 0 Å². The van der Waals surface area contributed by atoms with Crippen LogP contribution in [0.1, 0.15) is 31.0 Å². The van der Waals surface area contributed by atoms with E-state index in [1.54, 1.807) is 11.3 Å². The summed E-state index contributed by atoms with van der Waals surface area (Å²) in [6.07, 6.45) is 2.07. The van der Waals surface area contributed by atoms with E-state index in [2.05, 4.69) is 24.2 Å². The fourth-order valence-corrected chi connectivity index (χ4v) is 2.24. The van der Waals surface area contributed by atoms with Gasteiger partial charge >= 0.3 is 0 Å². The van der Waals surface area contributed by atoms with Crippen molar-refractivity contribution in [3.8, 4) is 0 Å². The number of nitrogens with two attached hydrogens (primary N) is 1. The van der Waals surface area contributed by atoms with Gasteiger partial charge in [0.2, 0.25) is 0 Å². The molecular formula is C10H18N2S. The molecule has 0 amide bonds. The molecule has 1 rings (SSSR count). The molecule has 0 aliphatic rings. The Morgan fingerprint density at radius 3 is 2.77 bits per heavy atom. The summed E-state index contributed by atoms with van der Waals surface area (Å²) in [5.41, 5.74) is 7.07. The summed E-state index contributed by atoms with van der Waals surface area (Å²) in [7, 11) is 0. The molecule has 0 aliphatic carbocycles. The Morgan fingerprint density at radius 2 is 2.31 bits per heavy atom. The third kappa shape index (κ3) is 3.08. The first kappa shape index (κ1) is 10.7. The molecule has 2 unspecified atom stereocenters. The van der Waals surface area contributed by atoms with Crippen molar-refractivity contribution < 1.29 is 0 Å². The van der Waals surface area contributed by atoms with Crippen molar-refractivity contribution in [2.75, 3.05) is 0 Å². The summed E-state index contributed by atoms with van der Waals surface area (Å²) < 4.78 is 0. The Morgan fingerprint density at radius 1 is 1.62 bits per heavy atom. The van der Waals surface area contributed by atoms with Crippen molar-refractivity contribution in [1.29, 1.82) is 0 Å². The summed E-state index contributed by atoms with van der Waals surface area (Å²) in [6.45, 7) is 6.36. The van der Waals surface area contributed by atoms with Gasteiger partial charge in [0.1, 0.15) is 0 Å². The quantitative estimate of drug-likeness (QED) is 0.806. The first-order chi connectivity index (χ1) is 6.13. The van der Waals surface area contributed by atoms with E-state index < -0.39 is 0 Å². The fraction of sp³-hybridized carbons (Fsp3) is 0.700. The Balaban J connectivity index is 2.49. The Labute approximate surface area is 84.2 Å². The summed E-state index contributed by atoms with van der Waals surface area (Å²) in [4.78, 5) is 4.43. The zero-order valence-electron chi connectivity index (χ0n) is 8.58. The van der Waals surface area contributed by atoms with Crippen LogP contribution in [0.2, 0.25) is 0 Å². The highest BCUT2D eigenvalue weighted by Crippen LogP contribution is 2.16. The number of thiazole rings is 1. The summed E-state index contributed by atoms with van der Waals surface area (Å²) in [6, 6.07) is 0.309. The van der Waals surface area contributed by atoms with E-state index >= 15 is 0 Å². The van der Waals surface area contributed by atoms with Crippen molar-refractivity contribution in [3.63, 3.8) is 0 Å². The summed E-state index contributed by atoms with van der Waals surface area (Å²) >= 11 is 1.74. The van der Waals surface area contributed by atoms with E-state index in [1.165, 1.54) is 5.01 Å². The highest BCUT2D eigenvalue weighted by atomic mass is 32.1. The minimum Gasteiger partial charge on any atom is -0.327 e. The lowest BCUT2D eigenvalue weighted by Crippen LogP contribution is -2.28. The van der Waals surface area contributed by atoms with E-state index in [1.807, 2.05) is 6.92 Å². The zero-order valence-corrected chi connectivity index (χ0v) is 9.40. The van der Waals surface area contributed by atoms with Crippen LogP contribution in [0.5, 0.6) is 0 Å². The van der Waals surface area contributed by atoms with Gasteiger partial charge in [-0.05, 0) is 19.3 Å². The maximum atomic E-state index is 5.95. The van der Waals surface area contributed by atoms with E-state index in [9.17, 15) is 0 Å². The number of aryl methyl sites for hydroxylation is 1. The molecule has 0 aromatic carbocycles. The molecular weight excluding hydrogens is 180 g/mol. The van der Waals surface area contributed by atoms with E-state index in [0.29, 0.717) is 12.0 Å². The van der Waals surface area contributed by atoms with Crippen LogP contribution in [0.3, 0.4) is 0 Å². The van der Waals surface area contributed by atoms with Gasteiger partial charge in [-0.15, -0.1) is 11.3 Å². The smallest absolute Gasteiger partial charge is 0.0931 e. The van der Waals surface area contributed by atoms with Gasteiger partial charge in [0, 0.05) is 23.5 Å². The standard InChI is InChI=1S/C10H18N2S/c1-4-9(11)7(2)5-10-12-8(3)6-13-10/h6-7,9H,4-5,11H2,1-3H3. The van der Waals surface area contributed by atoms with Crippen LogP contribution in [0.25, 0.3) is 0 Å². The molecule has 1 heterocycles. The van der Waals surface area contributed by atoms with Crippen molar-refractivity contribution in [1.82, 2.24) is 4.98 Å². The second-order valence-electron chi connectivity index (χ2n) is 3.64. The molecule has 0 aliphatic heterocycles. The normalized spacial score (nSPS) is 15.7. The molecule has 2 atom stereocenters. The Kier molecular flexibility index (Phi) is 3.88. The van der Waals surface area contributed by atoms with Crippen LogP contribution < -0.4 is 5.73 Å². The van der Waals surface area contributed by atoms with Crippen LogP contribution in [0.15, 0.2) is 5.38 Å². The van der Waals surface area contributed by atoms with Crippen molar-refractivity contribution >= 4 is 11.3 Å². The van der Waals surface area contributed by atoms with Crippen LogP contribution in [0.4, 0.5) is 0 Å². The van der Waals surface area contributed by atoms with Crippen LogP contribution >= 0.6 is 11.3 Å². The average Bonchev–Trinajstić information content (AvgIpc) is 2.49. The van der Waals surface area contributed by atoms with Crippen molar-refractivity contribution in [2.24, 2.45) is 11.7 Å². The van der Waals surface area contributed by atoms with Gasteiger partial charge in [0.25, 0.3) is 0 Å². The summed E-state index contributed by atoms with van der Waals surface area (Å²) in [5, 5.41) is 3.31. The third-order valence-corrected chi connectivity index (χ3v) is 3.35. The molecule has 2 nitrogen and oxygen atoms in total. The van der Waals surface area contributed by atoms with Crippen LogP contribution in [-0.4, -0.2) is 11.0 Å². The maximum Gasteiger partial charge on any atom is 0.0931 e. The monoisotopic (exact) mass is 198 g/mol. The molecule has 1 aromatic heterocycles. The molecule has 2 N–H and O–H groups in total. The van der Waals surface area contributed by atoms with Gasteiger partial charge in [-0.3, -0.25) is 0 Å². The van der Waals surface area contributed by atoms with Crippen molar-refractivity contribution in [2.45, 2.75) is 39.7 Å². The Hall–Kier alpha value is -0.410. The minimum absolute atomic E-state index is 0.309. The van der Waals surface area contributed by atoms with E-state index in [4.69, 9.17) is 5.73 Å². The lowest BCUT2D eigenvalue weighted by molar-refractivity contribution is 0.441. The number of hydrogen-bond donors (Lipinski definition) is 1. The second-order valence-corrected chi connectivity index (χ2v) is 4.58. The van der Waals surface area contributed by atoms with Gasteiger partial charge in [-0.25, -0.2) is 4.98 Å². The highest BCUT2D eigenvalue weighted by molar-refractivity contribution is 7.09. The SMILES string of the molecule is CCC(N)C(C)Cc1nc(C)cs1. The van der Waals surface area contributed by atoms with Gasteiger partial charge in [0.05, 0.1) is 5.01 Å². The molecule has 3 heteroatoms. The molecule has 0 spiro atoms. The lowest BCUT2D eigenvalue weighted by Gasteiger charge is -2.16. The molecule has 0 saturated carbocycles. The molecule has 0 bridgehead atoms. The summed E-state index contributed by atoms with van der Waals surface area (Å²) in [5.74, 6) is 0.538. The third-order valence-electron chi connectivity index (χ3n) is 2.37. The number of rotatable bonds is 4. The van der Waals surface area contributed by atoms with Crippen LogP contribution in [-0.2, 0) is 6.42 Å². The average molecular weight is 198 g/mol. The molecule has 13 heavy (non-hydrogen) atoms. The predicted molar refractivity (Wildman–Crippen MR) is 58.0 cm³/mol. The topological polar surface area (TPSA) is 38.9 Å². The molecule has 0 fully saturated rings. The van der Waals surface area contributed by atoms with Crippen molar-refractivity contribution in [3.05, 3.63) is 16.1 Å². The predicted octanol–water partition coefficient (Wildman–Crippen LogP) is 2.37.